The van der Waals surface area contributed by atoms with Gasteiger partial charge in [-0.3, -0.25) is 5.43 Å². The minimum absolute atomic E-state index is 0.254. The van der Waals surface area contributed by atoms with E-state index in [1.807, 2.05) is 73.6 Å². The number of rotatable bonds is 6. The summed E-state index contributed by atoms with van der Waals surface area (Å²) >= 11 is 0. The molecule has 0 fully saturated rings. The molecule has 23 heavy (non-hydrogen) atoms. The van der Waals surface area contributed by atoms with Gasteiger partial charge in [-0.05, 0) is 31.2 Å². The fourth-order valence-electron chi connectivity index (χ4n) is 1.98. The summed E-state index contributed by atoms with van der Waals surface area (Å²) in [6.07, 6.45) is 0. The molecule has 0 heterocycles. The molecule has 2 rings (SSSR count). The van der Waals surface area contributed by atoms with Crippen molar-refractivity contribution in [1.29, 1.82) is 0 Å². The summed E-state index contributed by atoms with van der Waals surface area (Å²) in [6.45, 7) is 2.08. The highest BCUT2D eigenvalue weighted by molar-refractivity contribution is 6.43. The highest BCUT2D eigenvalue weighted by Gasteiger charge is 2.15. The van der Waals surface area contributed by atoms with Crippen molar-refractivity contribution in [2.24, 2.45) is 5.10 Å². The molecule has 0 aromatic heterocycles. The van der Waals surface area contributed by atoms with Crippen LogP contribution in [-0.2, 0) is 9.53 Å². The van der Waals surface area contributed by atoms with Crippen LogP contribution < -0.4 is 10.3 Å². The van der Waals surface area contributed by atoms with Crippen LogP contribution in [0.5, 0.6) is 0 Å². The number of hydrogen-bond acceptors (Lipinski definition) is 5. The number of carbonyl (C=O) groups excluding carboxylic acids is 1. The monoisotopic (exact) mass is 311 g/mol. The van der Waals surface area contributed by atoms with Crippen molar-refractivity contribution in [3.05, 3.63) is 60.2 Å². The Morgan fingerprint density at radius 2 is 1.74 bits per heavy atom. The Morgan fingerprint density at radius 1 is 1.09 bits per heavy atom. The Balaban J connectivity index is 2.21. The van der Waals surface area contributed by atoms with Gasteiger partial charge in [0.2, 0.25) is 0 Å². The molecule has 0 bridgehead atoms. The second-order valence-corrected chi connectivity index (χ2v) is 5.10. The van der Waals surface area contributed by atoms with Gasteiger partial charge in [-0.25, -0.2) is 4.79 Å². The van der Waals surface area contributed by atoms with Crippen molar-refractivity contribution in [2.75, 3.05) is 31.0 Å². The Hall–Kier alpha value is -2.82. The molecule has 0 aliphatic heterocycles. The molecule has 2 aromatic rings. The number of nitrogens with one attached hydrogen (secondary N) is 1. The molecule has 0 unspecified atom stereocenters. The van der Waals surface area contributed by atoms with E-state index >= 15 is 0 Å². The van der Waals surface area contributed by atoms with E-state index in [2.05, 4.69) is 10.5 Å². The summed E-state index contributed by atoms with van der Waals surface area (Å²) in [6, 6.07) is 17.0. The lowest BCUT2D eigenvalue weighted by molar-refractivity contribution is -0.134. The zero-order chi connectivity index (χ0) is 16.7. The maximum Gasteiger partial charge on any atom is 0.359 e. The van der Waals surface area contributed by atoms with Gasteiger partial charge in [0.1, 0.15) is 0 Å². The zero-order valence-corrected chi connectivity index (χ0v) is 13.6. The van der Waals surface area contributed by atoms with Gasteiger partial charge in [-0.1, -0.05) is 30.3 Å². The molecule has 0 atom stereocenters. The van der Waals surface area contributed by atoms with Crippen LogP contribution in [0, 0.1) is 0 Å². The van der Waals surface area contributed by atoms with Crippen molar-refractivity contribution in [1.82, 2.24) is 0 Å². The van der Waals surface area contributed by atoms with E-state index in [-0.39, 0.29) is 5.71 Å². The SMILES string of the molecule is CCOC(=O)/C(=N/Nc1ccc(N(C)C)cc1)c1ccccc1. The van der Waals surface area contributed by atoms with E-state index in [0.717, 1.165) is 11.4 Å². The largest absolute Gasteiger partial charge is 0.461 e. The maximum absolute atomic E-state index is 12.1. The summed E-state index contributed by atoms with van der Waals surface area (Å²) in [5, 5.41) is 4.24. The number of anilines is 2. The van der Waals surface area contributed by atoms with Gasteiger partial charge >= 0.3 is 5.97 Å². The molecule has 0 aliphatic carbocycles. The highest BCUT2D eigenvalue weighted by atomic mass is 16.5. The number of hydrazone groups is 1. The second kappa shape index (κ2) is 7.98. The lowest BCUT2D eigenvalue weighted by Gasteiger charge is -2.12. The molecule has 0 radical (unpaired) electrons. The maximum atomic E-state index is 12.1. The third kappa shape index (κ3) is 4.57. The normalized spacial score (nSPS) is 11.0. The zero-order valence-electron chi connectivity index (χ0n) is 13.6. The van der Waals surface area contributed by atoms with E-state index < -0.39 is 5.97 Å². The fraction of sp³-hybridized carbons (Fsp3) is 0.222. The van der Waals surface area contributed by atoms with Crippen LogP contribution in [-0.4, -0.2) is 32.4 Å². The molecule has 0 amide bonds. The first-order valence-corrected chi connectivity index (χ1v) is 7.45. The van der Waals surface area contributed by atoms with E-state index in [1.165, 1.54) is 0 Å². The van der Waals surface area contributed by atoms with Crippen LogP contribution in [0.3, 0.4) is 0 Å². The Kier molecular flexibility index (Phi) is 5.74. The topological polar surface area (TPSA) is 53.9 Å². The van der Waals surface area contributed by atoms with Gasteiger partial charge < -0.3 is 9.64 Å². The lowest BCUT2D eigenvalue weighted by Crippen LogP contribution is -2.20. The molecule has 0 saturated heterocycles. The van der Waals surface area contributed by atoms with E-state index in [9.17, 15) is 4.79 Å². The Labute approximate surface area is 136 Å². The third-order valence-electron chi connectivity index (χ3n) is 3.20. The lowest BCUT2D eigenvalue weighted by atomic mass is 10.1. The molecular formula is C18H21N3O2. The molecule has 2 aromatic carbocycles. The van der Waals surface area contributed by atoms with Crippen LogP contribution >= 0.6 is 0 Å². The van der Waals surface area contributed by atoms with Crippen molar-refractivity contribution in [3.8, 4) is 0 Å². The third-order valence-corrected chi connectivity index (χ3v) is 3.20. The predicted molar refractivity (Wildman–Crippen MR) is 94.0 cm³/mol. The van der Waals surface area contributed by atoms with E-state index in [1.54, 1.807) is 6.92 Å². The highest BCUT2D eigenvalue weighted by Crippen LogP contribution is 2.16. The van der Waals surface area contributed by atoms with E-state index in [4.69, 9.17) is 4.74 Å². The molecular weight excluding hydrogens is 290 g/mol. The Morgan fingerprint density at radius 3 is 2.30 bits per heavy atom. The smallest absolute Gasteiger partial charge is 0.359 e. The number of esters is 1. The van der Waals surface area contributed by atoms with Gasteiger partial charge in [0.05, 0.1) is 12.3 Å². The second-order valence-electron chi connectivity index (χ2n) is 5.10. The molecule has 5 heteroatoms. The van der Waals surface area contributed by atoms with Crippen molar-refractivity contribution in [2.45, 2.75) is 6.92 Å². The molecule has 5 nitrogen and oxygen atoms in total. The van der Waals surface area contributed by atoms with Gasteiger partial charge in [0.25, 0.3) is 0 Å². The summed E-state index contributed by atoms with van der Waals surface area (Å²) in [4.78, 5) is 14.1. The van der Waals surface area contributed by atoms with Crippen LogP contribution in [0.4, 0.5) is 11.4 Å². The molecule has 0 spiro atoms. The number of nitrogens with zero attached hydrogens (tertiary/aromatic N) is 2. The van der Waals surface area contributed by atoms with Gasteiger partial charge in [0.15, 0.2) is 5.71 Å². The Bertz CT molecular complexity index is 664. The van der Waals surface area contributed by atoms with Gasteiger partial charge in [0, 0.05) is 25.3 Å². The number of ether oxygens (including phenoxy) is 1. The first-order valence-electron chi connectivity index (χ1n) is 7.45. The minimum Gasteiger partial charge on any atom is -0.461 e. The number of hydrogen-bond donors (Lipinski definition) is 1. The summed E-state index contributed by atoms with van der Waals surface area (Å²) < 4.78 is 5.08. The molecule has 0 aliphatic rings. The quantitative estimate of drug-likeness (QED) is 0.506. The van der Waals surface area contributed by atoms with Crippen LogP contribution in [0.25, 0.3) is 0 Å². The van der Waals surface area contributed by atoms with Gasteiger partial charge in [-0.2, -0.15) is 5.10 Å². The van der Waals surface area contributed by atoms with Crippen LogP contribution in [0.2, 0.25) is 0 Å². The number of carbonyl (C=O) groups is 1. The van der Waals surface area contributed by atoms with Crippen LogP contribution in [0.1, 0.15) is 12.5 Å². The van der Waals surface area contributed by atoms with Gasteiger partial charge in [-0.15, -0.1) is 0 Å². The average molecular weight is 311 g/mol. The van der Waals surface area contributed by atoms with E-state index in [0.29, 0.717) is 12.2 Å². The number of benzene rings is 2. The minimum atomic E-state index is -0.448. The molecule has 120 valence electrons. The van der Waals surface area contributed by atoms with Crippen LogP contribution in [0.15, 0.2) is 59.7 Å². The molecule has 1 N–H and O–H groups in total. The van der Waals surface area contributed by atoms with Crippen molar-refractivity contribution in [3.63, 3.8) is 0 Å². The fourth-order valence-corrected chi connectivity index (χ4v) is 1.98. The van der Waals surface area contributed by atoms with Crippen molar-refractivity contribution >= 4 is 23.1 Å². The first-order chi connectivity index (χ1) is 11.1. The molecule has 0 saturated carbocycles. The predicted octanol–water partition coefficient (Wildman–Crippen LogP) is 3.13. The first kappa shape index (κ1) is 16.5. The summed E-state index contributed by atoms with van der Waals surface area (Å²) in [5.41, 5.74) is 5.77. The summed E-state index contributed by atoms with van der Waals surface area (Å²) in [5.74, 6) is -0.448. The van der Waals surface area contributed by atoms with Crippen molar-refractivity contribution < 1.29 is 9.53 Å². The average Bonchev–Trinajstić information content (AvgIpc) is 2.57. The standard InChI is InChI=1S/C18H21N3O2/c1-4-23-18(22)17(14-8-6-5-7-9-14)20-19-15-10-12-16(13-11-15)21(2)3/h5-13,19H,4H2,1-3H3/b20-17+. The summed E-state index contributed by atoms with van der Waals surface area (Å²) in [7, 11) is 3.96.